The maximum atomic E-state index is 15.8. The first-order valence-corrected chi connectivity index (χ1v) is 11.7. The predicted octanol–water partition coefficient (Wildman–Crippen LogP) is 3.89. The minimum absolute atomic E-state index is 0.120. The van der Waals surface area contributed by atoms with E-state index in [1.165, 1.54) is 10.7 Å². The molecule has 3 fully saturated rings. The van der Waals surface area contributed by atoms with Crippen LogP contribution < -0.4 is 10.2 Å². The number of piperidine rings is 1. The van der Waals surface area contributed by atoms with Gasteiger partial charge in [0, 0.05) is 56.8 Å². The molecule has 1 aromatic carbocycles. The summed E-state index contributed by atoms with van der Waals surface area (Å²) < 4.78 is 32.6. The molecule has 0 atom stereocenters. The Morgan fingerprint density at radius 1 is 1.18 bits per heavy atom. The van der Waals surface area contributed by atoms with Crippen LogP contribution in [0.15, 0.2) is 43.5 Å². The molecule has 0 saturated carbocycles. The lowest BCUT2D eigenvalue weighted by atomic mass is 9.87. The van der Waals surface area contributed by atoms with E-state index in [4.69, 9.17) is 0 Å². The van der Waals surface area contributed by atoms with Crippen molar-refractivity contribution in [2.45, 2.75) is 25.2 Å². The molecule has 8 heteroatoms. The number of likely N-dealkylation sites (tertiary alicyclic amines) is 2. The Hall–Kier alpha value is -2.87. The average Bonchev–Trinajstić information content (AvgIpc) is 3.07. The minimum atomic E-state index is -0.481. The number of nitrogens with zero attached hydrogens (tertiary/aromatic N) is 5. The van der Waals surface area contributed by atoms with Crippen molar-refractivity contribution < 1.29 is 8.78 Å². The maximum absolute atomic E-state index is 15.8. The molecule has 0 amide bonds. The first-order chi connectivity index (χ1) is 15.9. The number of aryl methyl sites for hydroxylation is 1. The Kier molecular flexibility index (Phi) is 5.64. The van der Waals surface area contributed by atoms with Gasteiger partial charge in [0.1, 0.15) is 17.2 Å². The van der Waals surface area contributed by atoms with E-state index in [0.717, 1.165) is 51.3 Å². The van der Waals surface area contributed by atoms with Gasteiger partial charge in [0.05, 0.1) is 5.39 Å². The highest BCUT2D eigenvalue weighted by Gasteiger charge is 2.32. The molecule has 1 aromatic heterocycles. The molecule has 0 radical (unpaired) electrons. The molecule has 1 N–H and O–H groups in total. The molecule has 0 spiro atoms. The Labute approximate surface area is 193 Å². The van der Waals surface area contributed by atoms with Gasteiger partial charge in [-0.1, -0.05) is 19.7 Å². The van der Waals surface area contributed by atoms with Crippen LogP contribution in [-0.2, 0) is 7.05 Å². The zero-order chi connectivity index (χ0) is 23.3. The smallest absolute Gasteiger partial charge is 0.164 e. The van der Waals surface area contributed by atoms with Gasteiger partial charge >= 0.3 is 0 Å². The zero-order valence-corrected chi connectivity index (χ0v) is 19.3. The second-order valence-corrected chi connectivity index (χ2v) is 9.58. The number of nitrogens with one attached hydrogen (secondary N) is 1. The van der Waals surface area contributed by atoms with Crippen molar-refractivity contribution in [2.24, 2.45) is 13.0 Å². The summed E-state index contributed by atoms with van der Waals surface area (Å²) >= 11 is 0. The summed E-state index contributed by atoms with van der Waals surface area (Å²) in [5, 5.41) is 8.12. The number of anilines is 1. The van der Waals surface area contributed by atoms with E-state index in [0.29, 0.717) is 41.4 Å². The number of fused-ring (bicyclic) bond motifs is 1. The van der Waals surface area contributed by atoms with E-state index in [2.05, 4.69) is 40.0 Å². The molecule has 3 saturated heterocycles. The van der Waals surface area contributed by atoms with Gasteiger partial charge in [-0.05, 0) is 44.1 Å². The lowest BCUT2D eigenvalue weighted by molar-refractivity contribution is 0.0940. The van der Waals surface area contributed by atoms with E-state index in [1.54, 1.807) is 7.05 Å². The number of hydrogen-bond acceptors (Lipinski definition) is 5. The van der Waals surface area contributed by atoms with Crippen LogP contribution >= 0.6 is 0 Å². The van der Waals surface area contributed by atoms with Gasteiger partial charge in [-0.25, -0.2) is 8.78 Å². The van der Waals surface area contributed by atoms with Crippen LogP contribution in [0, 0.1) is 17.6 Å². The van der Waals surface area contributed by atoms with Crippen LogP contribution in [-0.4, -0.2) is 58.8 Å². The Morgan fingerprint density at radius 2 is 1.91 bits per heavy atom. The first kappa shape index (κ1) is 21.9. The van der Waals surface area contributed by atoms with Gasteiger partial charge < -0.3 is 20.0 Å². The van der Waals surface area contributed by atoms with E-state index in [1.807, 2.05) is 11.1 Å². The normalized spacial score (nSPS) is 20.9. The third kappa shape index (κ3) is 3.90. The lowest BCUT2D eigenvalue weighted by Gasteiger charge is -2.42. The molecule has 4 heterocycles. The fourth-order valence-corrected chi connectivity index (χ4v) is 5.52. The van der Waals surface area contributed by atoms with Crippen molar-refractivity contribution in [3.63, 3.8) is 0 Å². The van der Waals surface area contributed by atoms with E-state index in [9.17, 15) is 0 Å². The Morgan fingerprint density at radius 3 is 2.58 bits per heavy atom. The van der Waals surface area contributed by atoms with Crippen LogP contribution in [0.2, 0.25) is 0 Å². The number of hydrogen-bond donors (Lipinski definition) is 1. The van der Waals surface area contributed by atoms with Crippen molar-refractivity contribution in [1.82, 2.24) is 24.9 Å². The van der Waals surface area contributed by atoms with Gasteiger partial charge in [-0.3, -0.25) is 4.68 Å². The monoisotopic (exact) mass is 454 g/mol. The van der Waals surface area contributed by atoms with Crippen LogP contribution in [0.25, 0.3) is 10.9 Å². The molecular formula is C25H32F2N6. The molecule has 6 nitrogen and oxygen atoms in total. The number of aromatic nitrogens is 2. The second kappa shape index (κ2) is 8.48. The topological polar surface area (TPSA) is 39.6 Å². The van der Waals surface area contributed by atoms with Gasteiger partial charge in [0.25, 0.3) is 0 Å². The van der Waals surface area contributed by atoms with Crippen molar-refractivity contribution in [1.29, 1.82) is 0 Å². The highest BCUT2D eigenvalue weighted by Crippen LogP contribution is 2.39. The van der Waals surface area contributed by atoms with Gasteiger partial charge in [0.2, 0.25) is 0 Å². The van der Waals surface area contributed by atoms with E-state index < -0.39 is 11.6 Å². The fraction of sp³-hybridized carbons (Fsp3) is 0.480. The standard InChI is InChI=1S/C25H32F2N6/c1-5-31-13-18(14-31)15-32-9-7-19(8-10-32)22-21(26)12-20-24(23(22)27)30(4)29-25(20)33-11-6-16(2)28-17(33)3/h5,12,18-19,28H,1-3,6-11,13-15H2,4H3. The summed E-state index contributed by atoms with van der Waals surface area (Å²) in [6.07, 6.45) is 4.13. The predicted molar refractivity (Wildman–Crippen MR) is 128 cm³/mol. The number of rotatable bonds is 5. The second-order valence-electron chi connectivity index (χ2n) is 9.58. The molecule has 176 valence electrons. The van der Waals surface area contributed by atoms with Crippen molar-refractivity contribution in [3.8, 4) is 0 Å². The summed E-state index contributed by atoms with van der Waals surface area (Å²) in [5.41, 5.74) is 1.43. The van der Waals surface area contributed by atoms with E-state index >= 15 is 8.78 Å². The highest BCUT2D eigenvalue weighted by molar-refractivity contribution is 5.92. The van der Waals surface area contributed by atoms with Crippen molar-refractivity contribution >= 4 is 16.7 Å². The van der Waals surface area contributed by atoms with Crippen LogP contribution in [0.3, 0.4) is 0 Å². The molecule has 3 aliphatic heterocycles. The van der Waals surface area contributed by atoms with Crippen LogP contribution in [0.5, 0.6) is 0 Å². The van der Waals surface area contributed by atoms with Gasteiger partial charge in [-0.15, -0.1) is 0 Å². The third-order valence-corrected chi connectivity index (χ3v) is 7.33. The Balaban J connectivity index is 1.36. The quantitative estimate of drug-likeness (QED) is 0.742. The molecule has 0 unspecified atom stereocenters. The fourth-order valence-electron chi connectivity index (χ4n) is 5.52. The average molecular weight is 455 g/mol. The van der Waals surface area contributed by atoms with E-state index in [-0.39, 0.29) is 11.5 Å². The lowest BCUT2D eigenvalue weighted by Crippen LogP contribution is -2.49. The Bertz CT molecular complexity index is 1110. The molecule has 3 aliphatic rings. The molecule has 2 aromatic rings. The van der Waals surface area contributed by atoms with Gasteiger partial charge in [0.15, 0.2) is 11.6 Å². The number of halogens is 2. The van der Waals surface area contributed by atoms with Crippen LogP contribution in [0.1, 0.15) is 30.7 Å². The minimum Gasteiger partial charge on any atom is -0.377 e. The maximum Gasteiger partial charge on any atom is 0.164 e. The van der Waals surface area contributed by atoms with Crippen LogP contribution in [0.4, 0.5) is 14.6 Å². The zero-order valence-electron chi connectivity index (χ0n) is 19.3. The summed E-state index contributed by atoms with van der Waals surface area (Å²) in [5.74, 6) is 0.717. The molecule has 0 aliphatic carbocycles. The summed E-state index contributed by atoms with van der Waals surface area (Å²) in [4.78, 5) is 6.51. The van der Waals surface area contributed by atoms with Gasteiger partial charge in [-0.2, -0.15) is 5.10 Å². The third-order valence-electron chi connectivity index (χ3n) is 7.33. The molecule has 5 rings (SSSR count). The molecular weight excluding hydrogens is 422 g/mol. The highest BCUT2D eigenvalue weighted by atomic mass is 19.1. The largest absolute Gasteiger partial charge is 0.377 e. The first-order valence-electron chi connectivity index (χ1n) is 11.7. The summed E-state index contributed by atoms with van der Waals surface area (Å²) in [7, 11) is 1.71. The number of benzene rings is 1. The SMILES string of the molecule is C=CN1CC(CN2CCC(c3c(F)cc4c(N5CCC(=C)NC5=C)nn(C)c4c3F)CC2)C1. The van der Waals surface area contributed by atoms with Crippen molar-refractivity contribution in [2.75, 3.05) is 44.2 Å². The van der Waals surface area contributed by atoms with Crippen molar-refractivity contribution in [3.05, 3.63) is 60.7 Å². The summed E-state index contributed by atoms with van der Waals surface area (Å²) in [6, 6.07) is 1.46. The molecule has 0 bridgehead atoms. The molecule has 33 heavy (non-hydrogen) atoms. The summed E-state index contributed by atoms with van der Waals surface area (Å²) in [6.45, 7) is 17.3.